The van der Waals surface area contributed by atoms with Crippen molar-refractivity contribution in [3.8, 4) is 0 Å². The smallest absolute Gasteiger partial charge is 0.392 e. The number of benzene rings is 2. The Kier molecular flexibility index (Phi) is 9.03. The maximum atomic E-state index is 13.1. The van der Waals surface area contributed by atoms with Crippen molar-refractivity contribution in [2.45, 2.75) is 49.3 Å². The van der Waals surface area contributed by atoms with Gasteiger partial charge < -0.3 is 14.2 Å². The zero-order valence-electron chi connectivity index (χ0n) is 20.3. The Balaban J connectivity index is 0.000000250. The highest BCUT2D eigenvalue weighted by Crippen LogP contribution is 2.41. The molecular formula is C24H19F10NO5S. The first kappa shape index (κ1) is 32.2. The third-order valence-corrected chi connectivity index (χ3v) is 7.15. The second-order valence-corrected chi connectivity index (χ2v) is 10.5. The minimum absolute atomic E-state index is 0.0131. The van der Waals surface area contributed by atoms with Gasteiger partial charge in [0.1, 0.15) is 11.6 Å². The van der Waals surface area contributed by atoms with E-state index in [0.29, 0.717) is 25.1 Å². The molecule has 41 heavy (non-hydrogen) atoms. The van der Waals surface area contributed by atoms with Crippen LogP contribution in [0.2, 0.25) is 0 Å². The summed E-state index contributed by atoms with van der Waals surface area (Å²) < 4.78 is 150. The van der Waals surface area contributed by atoms with Gasteiger partial charge in [-0.25, -0.2) is 4.39 Å². The molecule has 2 atom stereocenters. The summed E-state index contributed by atoms with van der Waals surface area (Å²) in [5.74, 6) is -1.82. The number of aliphatic hydroxyl groups is 1. The number of hydrogen-bond acceptors (Lipinski definition) is 5. The topological polar surface area (TPSA) is 83.9 Å². The number of fused-ring (bicyclic) bond motifs is 1. The molecule has 0 bridgehead atoms. The van der Waals surface area contributed by atoms with Crippen LogP contribution in [0.3, 0.4) is 0 Å². The van der Waals surface area contributed by atoms with Crippen LogP contribution < -0.4 is 0 Å². The maximum absolute atomic E-state index is 13.1. The largest absolute Gasteiger partial charge is 0.534 e. The summed E-state index contributed by atoms with van der Waals surface area (Å²) in [6, 6.07) is 6.03. The van der Waals surface area contributed by atoms with Crippen molar-refractivity contribution in [2.24, 2.45) is 0 Å². The molecule has 4 rings (SSSR count). The predicted molar refractivity (Wildman–Crippen MR) is 120 cm³/mol. The van der Waals surface area contributed by atoms with Crippen LogP contribution in [0, 0.1) is 5.82 Å². The molecule has 0 spiro atoms. The average molecular weight is 623 g/mol. The number of rotatable bonds is 4. The minimum atomic E-state index is -5.83. The average Bonchev–Trinajstić information content (AvgIpc) is 3.27. The zero-order chi connectivity index (χ0) is 31.0. The zero-order valence-corrected chi connectivity index (χ0v) is 21.1. The SMILES string of the molecule is O=C1C=C(OS(=O)(=O)C(F)(F)F)CC2C(c3ccc(F)cc3)CCN12.OCc1cc(C(F)(F)F)cc(C(F)(F)F)c1. The molecule has 1 saturated heterocycles. The Morgan fingerprint density at radius 3 is 1.90 bits per heavy atom. The second-order valence-electron chi connectivity index (χ2n) is 8.92. The lowest BCUT2D eigenvalue weighted by Gasteiger charge is -2.32. The molecule has 1 N–H and O–H groups in total. The number of carbonyl (C=O) groups is 1. The summed E-state index contributed by atoms with van der Waals surface area (Å²) in [5.41, 5.74) is -8.12. The Bertz CT molecular complexity index is 1370. The number of aliphatic hydroxyl groups excluding tert-OH is 1. The number of halogens is 10. The summed E-state index contributed by atoms with van der Waals surface area (Å²) in [5, 5.41) is 8.58. The number of hydrogen-bond donors (Lipinski definition) is 1. The van der Waals surface area contributed by atoms with Crippen LogP contribution in [0.15, 0.2) is 54.3 Å². The minimum Gasteiger partial charge on any atom is -0.392 e. The first-order chi connectivity index (χ1) is 18.7. The van der Waals surface area contributed by atoms with Crippen LogP contribution >= 0.6 is 0 Å². The van der Waals surface area contributed by atoms with Crippen LogP contribution in [0.4, 0.5) is 43.9 Å². The quantitative estimate of drug-likeness (QED) is 0.261. The van der Waals surface area contributed by atoms with Gasteiger partial charge in [0.15, 0.2) is 0 Å². The van der Waals surface area contributed by atoms with E-state index in [4.69, 9.17) is 5.11 Å². The molecule has 2 aromatic rings. The van der Waals surface area contributed by atoms with E-state index in [1.807, 2.05) is 0 Å². The third-order valence-electron chi connectivity index (χ3n) is 6.15. The van der Waals surface area contributed by atoms with E-state index in [1.165, 1.54) is 17.0 Å². The first-order valence-electron chi connectivity index (χ1n) is 11.4. The van der Waals surface area contributed by atoms with Gasteiger partial charge >= 0.3 is 28.0 Å². The summed E-state index contributed by atoms with van der Waals surface area (Å²) in [6.45, 7) is -0.506. The molecule has 0 aromatic heterocycles. The second kappa shape index (κ2) is 11.5. The van der Waals surface area contributed by atoms with Crippen molar-refractivity contribution >= 4 is 16.0 Å². The highest BCUT2D eigenvalue weighted by atomic mass is 32.2. The van der Waals surface area contributed by atoms with E-state index < -0.39 is 74.8 Å². The lowest BCUT2D eigenvalue weighted by atomic mass is 9.88. The van der Waals surface area contributed by atoms with Crippen molar-refractivity contribution in [3.63, 3.8) is 0 Å². The molecule has 1 fully saturated rings. The van der Waals surface area contributed by atoms with Gasteiger partial charge in [0.05, 0.1) is 17.7 Å². The third kappa shape index (κ3) is 7.69. The molecule has 0 aliphatic carbocycles. The van der Waals surface area contributed by atoms with Gasteiger partial charge in [0, 0.05) is 31.0 Å². The van der Waals surface area contributed by atoms with Gasteiger partial charge in [0.25, 0.3) is 0 Å². The van der Waals surface area contributed by atoms with Crippen molar-refractivity contribution in [3.05, 3.63) is 82.4 Å². The van der Waals surface area contributed by atoms with E-state index in [9.17, 15) is 57.1 Å². The molecule has 2 unspecified atom stereocenters. The number of amides is 1. The highest BCUT2D eigenvalue weighted by molar-refractivity contribution is 7.87. The lowest BCUT2D eigenvalue weighted by Crippen LogP contribution is -2.41. The maximum Gasteiger partial charge on any atom is 0.534 e. The van der Waals surface area contributed by atoms with E-state index in [-0.39, 0.29) is 18.4 Å². The standard InChI is InChI=1S/C15H13F4NO4S.C9H6F6O/c16-10-3-1-9(2-4-10)12-5-6-20-13(12)7-11(8-14(20)21)24-25(22,23)15(17,18)19;10-8(11,12)6-1-5(4-16)2-7(3-6)9(13,14)15/h1-4,8,12-13H,5-7H2;1-3,16H,4H2. The Labute approximate surface area is 225 Å². The van der Waals surface area contributed by atoms with E-state index in [1.54, 1.807) is 12.1 Å². The molecule has 2 aromatic carbocycles. The number of nitrogens with zero attached hydrogens (tertiary/aromatic N) is 1. The molecule has 0 radical (unpaired) electrons. The van der Waals surface area contributed by atoms with E-state index in [2.05, 4.69) is 4.18 Å². The molecule has 0 saturated carbocycles. The van der Waals surface area contributed by atoms with Crippen LogP contribution in [-0.2, 0) is 38.1 Å². The molecule has 2 aliphatic heterocycles. The van der Waals surface area contributed by atoms with Crippen molar-refractivity contribution in [1.29, 1.82) is 0 Å². The highest BCUT2D eigenvalue weighted by Gasteiger charge is 2.50. The Hall–Kier alpha value is -3.34. The van der Waals surface area contributed by atoms with Gasteiger partial charge in [-0.2, -0.15) is 47.9 Å². The lowest BCUT2D eigenvalue weighted by molar-refractivity contribution is -0.143. The van der Waals surface area contributed by atoms with Crippen LogP contribution in [0.1, 0.15) is 41.0 Å². The normalized spacial score (nSPS) is 19.7. The van der Waals surface area contributed by atoms with Crippen molar-refractivity contribution < 1.29 is 66.4 Å². The molecule has 1 amide bonds. The fourth-order valence-electron chi connectivity index (χ4n) is 4.32. The summed E-state index contributed by atoms with van der Waals surface area (Å²) in [4.78, 5) is 13.5. The summed E-state index contributed by atoms with van der Waals surface area (Å²) in [7, 11) is -5.83. The predicted octanol–water partition coefficient (Wildman–Crippen LogP) is 5.88. The van der Waals surface area contributed by atoms with Gasteiger partial charge in [-0.15, -0.1) is 0 Å². The monoisotopic (exact) mass is 623 g/mol. The number of alkyl halides is 9. The van der Waals surface area contributed by atoms with E-state index >= 15 is 0 Å². The number of carbonyl (C=O) groups excluding carboxylic acids is 1. The summed E-state index contributed by atoms with van der Waals surface area (Å²) in [6.07, 6.45) is -8.60. The van der Waals surface area contributed by atoms with Gasteiger partial charge in [-0.1, -0.05) is 12.1 Å². The molecule has 17 heteroatoms. The van der Waals surface area contributed by atoms with Crippen LogP contribution in [-0.4, -0.2) is 42.4 Å². The van der Waals surface area contributed by atoms with Crippen LogP contribution in [0.25, 0.3) is 0 Å². The molecule has 6 nitrogen and oxygen atoms in total. The molecular weight excluding hydrogens is 604 g/mol. The van der Waals surface area contributed by atoms with Crippen molar-refractivity contribution in [2.75, 3.05) is 6.54 Å². The molecule has 2 aliphatic rings. The Morgan fingerprint density at radius 1 is 0.902 bits per heavy atom. The first-order valence-corrected chi connectivity index (χ1v) is 12.8. The van der Waals surface area contributed by atoms with Crippen LogP contribution in [0.5, 0.6) is 0 Å². The fraction of sp³-hybridized carbons (Fsp3) is 0.375. The molecule has 2 heterocycles. The fourth-order valence-corrected chi connectivity index (χ4v) is 4.81. The summed E-state index contributed by atoms with van der Waals surface area (Å²) >= 11 is 0. The van der Waals surface area contributed by atoms with Crippen molar-refractivity contribution in [1.82, 2.24) is 4.90 Å². The van der Waals surface area contributed by atoms with Gasteiger partial charge in [0.2, 0.25) is 5.91 Å². The van der Waals surface area contributed by atoms with Gasteiger partial charge in [-0.05, 0) is 47.9 Å². The molecule has 226 valence electrons. The Morgan fingerprint density at radius 2 is 1.44 bits per heavy atom. The van der Waals surface area contributed by atoms with E-state index in [0.717, 1.165) is 11.6 Å². The van der Waals surface area contributed by atoms with Gasteiger partial charge in [-0.3, -0.25) is 4.79 Å².